The molecule has 2 amide bonds. The molecular weight excluding hydrogens is 446 g/mol. The fraction of sp³-hybridized carbons (Fsp3) is 0.238. The number of alkyl halides is 3. The first kappa shape index (κ1) is 22.2. The molecule has 0 spiro atoms. The van der Waals surface area contributed by atoms with Gasteiger partial charge in [-0.05, 0) is 25.1 Å². The highest BCUT2D eigenvalue weighted by Gasteiger charge is 2.37. The van der Waals surface area contributed by atoms with Crippen molar-refractivity contribution in [2.45, 2.75) is 19.1 Å². The molecule has 1 aliphatic rings. The molecule has 8 nitrogen and oxygen atoms in total. The molecule has 12 heteroatoms. The molecule has 1 atom stereocenters. The van der Waals surface area contributed by atoms with Gasteiger partial charge in [-0.15, -0.1) is 0 Å². The van der Waals surface area contributed by atoms with Gasteiger partial charge in [0.05, 0.1) is 42.4 Å². The number of benzene rings is 1. The Morgan fingerprint density at radius 3 is 2.64 bits per heavy atom. The van der Waals surface area contributed by atoms with Crippen molar-refractivity contribution >= 4 is 23.2 Å². The van der Waals surface area contributed by atoms with Crippen LogP contribution in [-0.2, 0) is 6.18 Å². The number of halogens is 4. The predicted octanol–water partition coefficient (Wildman–Crippen LogP) is 3.92. The minimum atomic E-state index is -4.62. The van der Waals surface area contributed by atoms with E-state index in [2.05, 4.69) is 15.4 Å². The molecular formula is C21H17F4N5O3. The Hall–Kier alpha value is -3.96. The number of hydrogen-bond acceptors (Lipinski definition) is 5. The zero-order valence-corrected chi connectivity index (χ0v) is 17.4. The van der Waals surface area contributed by atoms with Crippen molar-refractivity contribution in [1.82, 2.24) is 14.8 Å². The topological polar surface area (TPSA) is 89.3 Å². The van der Waals surface area contributed by atoms with Crippen LogP contribution in [0.15, 0.2) is 42.9 Å². The van der Waals surface area contributed by atoms with Crippen LogP contribution in [0, 0.1) is 5.82 Å². The zero-order valence-electron chi connectivity index (χ0n) is 17.4. The van der Waals surface area contributed by atoms with Crippen LogP contribution in [0.4, 0.5) is 28.9 Å². The Balaban J connectivity index is 1.67. The summed E-state index contributed by atoms with van der Waals surface area (Å²) in [7, 11) is 1.11. The first-order valence-electron chi connectivity index (χ1n) is 9.66. The highest BCUT2D eigenvalue weighted by molar-refractivity contribution is 6.13. The van der Waals surface area contributed by atoms with Crippen molar-refractivity contribution < 1.29 is 31.9 Å². The van der Waals surface area contributed by atoms with E-state index in [9.17, 15) is 27.2 Å². The minimum Gasteiger partial charge on any atom is -0.496 e. The summed E-state index contributed by atoms with van der Waals surface area (Å²) in [5.74, 6) is -2.41. The summed E-state index contributed by atoms with van der Waals surface area (Å²) in [6, 6.07) is 3.79. The number of methoxy groups -OCH3 is 1. The lowest BCUT2D eigenvalue weighted by Crippen LogP contribution is -2.43. The number of nitrogens with one attached hydrogen (secondary N) is 1. The molecule has 0 unspecified atom stereocenters. The normalized spacial score (nSPS) is 15.9. The second kappa shape index (κ2) is 8.19. The lowest BCUT2D eigenvalue weighted by Gasteiger charge is -2.32. The van der Waals surface area contributed by atoms with Crippen LogP contribution in [0.3, 0.4) is 0 Å². The van der Waals surface area contributed by atoms with Gasteiger partial charge in [0, 0.05) is 24.5 Å². The number of aromatic nitrogens is 3. The van der Waals surface area contributed by atoms with E-state index in [1.165, 1.54) is 28.0 Å². The molecule has 0 radical (unpaired) electrons. The molecule has 0 fully saturated rings. The van der Waals surface area contributed by atoms with E-state index in [1.807, 2.05) is 0 Å². The minimum absolute atomic E-state index is 0.0327. The third-order valence-electron chi connectivity index (χ3n) is 5.12. The lowest BCUT2D eigenvalue weighted by molar-refractivity contribution is -0.138. The number of hydrogen-bond donors (Lipinski definition) is 1. The Labute approximate surface area is 184 Å². The van der Waals surface area contributed by atoms with Crippen LogP contribution in [-0.4, -0.2) is 40.2 Å². The fourth-order valence-corrected chi connectivity index (χ4v) is 3.59. The van der Waals surface area contributed by atoms with Crippen LogP contribution in [0.1, 0.15) is 39.4 Å². The predicted molar refractivity (Wildman–Crippen MR) is 109 cm³/mol. The van der Waals surface area contributed by atoms with Crippen molar-refractivity contribution in [3.63, 3.8) is 0 Å². The van der Waals surface area contributed by atoms with Gasteiger partial charge in [0.15, 0.2) is 5.69 Å². The summed E-state index contributed by atoms with van der Waals surface area (Å²) in [5.41, 5.74) is -0.727. The highest BCUT2D eigenvalue weighted by atomic mass is 19.4. The third kappa shape index (κ3) is 4.11. The quantitative estimate of drug-likeness (QED) is 0.593. The maximum atomic E-state index is 13.4. The van der Waals surface area contributed by atoms with Crippen LogP contribution < -0.4 is 15.0 Å². The van der Waals surface area contributed by atoms with Gasteiger partial charge in [0.1, 0.15) is 11.6 Å². The van der Waals surface area contributed by atoms with Gasteiger partial charge in [-0.1, -0.05) is 0 Å². The second-order valence-electron chi connectivity index (χ2n) is 7.34. The molecule has 4 rings (SSSR count). The molecule has 172 valence electrons. The molecule has 1 aromatic carbocycles. The van der Waals surface area contributed by atoms with Gasteiger partial charge in [0.2, 0.25) is 0 Å². The third-order valence-corrected chi connectivity index (χ3v) is 5.12. The molecule has 3 aromatic rings. The maximum Gasteiger partial charge on any atom is 0.419 e. The van der Waals surface area contributed by atoms with E-state index in [0.717, 1.165) is 31.5 Å². The Morgan fingerprint density at radius 1 is 1.21 bits per heavy atom. The number of carbonyl (C=O) groups excluding carboxylic acids is 2. The average molecular weight is 463 g/mol. The number of ether oxygens (including phenoxy) is 1. The first-order chi connectivity index (χ1) is 15.6. The number of pyridine rings is 1. The van der Waals surface area contributed by atoms with Crippen LogP contribution in [0.5, 0.6) is 5.75 Å². The lowest BCUT2D eigenvalue weighted by atomic mass is 10.1. The summed E-state index contributed by atoms with van der Waals surface area (Å²) >= 11 is 0. The Morgan fingerprint density at radius 2 is 1.97 bits per heavy atom. The monoisotopic (exact) mass is 463 g/mol. The van der Waals surface area contributed by atoms with Crippen LogP contribution in [0.25, 0.3) is 0 Å². The number of carbonyl (C=O) groups is 2. The molecule has 1 aliphatic heterocycles. The van der Waals surface area contributed by atoms with E-state index in [-0.39, 0.29) is 35.2 Å². The van der Waals surface area contributed by atoms with E-state index in [4.69, 9.17) is 4.74 Å². The van der Waals surface area contributed by atoms with Crippen LogP contribution >= 0.6 is 0 Å². The summed E-state index contributed by atoms with van der Waals surface area (Å²) in [5, 5.41) is 6.67. The average Bonchev–Trinajstić information content (AvgIpc) is 3.19. The fourth-order valence-electron chi connectivity index (χ4n) is 3.59. The first-order valence-corrected chi connectivity index (χ1v) is 9.66. The van der Waals surface area contributed by atoms with E-state index >= 15 is 0 Å². The van der Waals surface area contributed by atoms with Gasteiger partial charge >= 0.3 is 6.18 Å². The second-order valence-corrected chi connectivity index (χ2v) is 7.34. The van der Waals surface area contributed by atoms with Crippen molar-refractivity contribution in [2.75, 3.05) is 23.9 Å². The van der Waals surface area contributed by atoms with Gasteiger partial charge in [-0.3, -0.25) is 19.3 Å². The Bertz CT molecular complexity index is 1240. The molecule has 0 saturated carbocycles. The van der Waals surface area contributed by atoms with E-state index < -0.39 is 35.1 Å². The molecule has 33 heavy (non-hydrogen) atoms. The van der Waals surface area contributed by atoms with E-state index in [1.54, 1.807) is 6.92 Å². The summed E-state index contributed by atoms with van der Waals surface area (Å²) in [6.07, 6.45) is -1.23. The summed E-state index contributed by atoms with van der Waals surface area (Å²) in [4.78, 5) is 30.7. The Kier molecular flexibility index (Phi) is 5.52. The number of rotatable bonds is 4. The zero-order chi connectivity index (χ0) is 23.9. The molecule has 2 aromatic heterocycles. The van der Waals surface area contributed by atoms with Crippen molar-refractivity contribution in [3.05, 3.63) is 65.5 Å². The molecule has 0 saturated heterocycles. The number of amides is 2. The molecule has 3 heterocycles. The van der Waals surface area contributed by atoms with Crippen molar-refractivity contribution in [2.24, 2.45) is 0 Å². The van der Waals surface area contributed by atoms with Crippen molar-refractivity contribution in [1.29, 1.82) is 0 Å². The maximum absolute atomic E-state index is 13.4. The number of nitrogens with zero attached hydrogens (tertiary/aromatic N) is 4. The molecule has 0 aliphatic carbocycles. The highest BCUT2D eigenvalue weighted by Crippen LogP contribution is 2.39. The van der Waals surface area contributed by atoms with Gasteiger partial charge in [-0.25, -0.2) is 4.39 Å². The largest absolute Gasteiger partial charge is 0.496 e. The summed E-state index contributed by atoms with van der Waals surface area (Å²) in [6.45, 7) is 1.89. The molecule has 0 bridgehead atoms. The van der Waals surface area contributed by atoms with Gasteiger partial charge < -0.3 is 15.0 Å². The van der Waals surface area contributed by atoms with Gasteiger partial charge in [-0.2, -0.15) is 18.3 Å². The number of anilines is 2. The summed E-state index contributed by atoms with van der Waals surface area (Å²) < 4.78 is 59.3. The SMILES string of the molecule is COc1cc(N2C[C@H](C)n3ncc(NC(=O)c4cncc(F)c4)c3C2=O)ccc1C(F)(F)F. The van der Waals surface area contributed by atoms with Crippen LogP contribution in [0.2, 0.25) is 0 Å². The standard InChI is InChI=1S/C21H17F4N5O3/c1-11-10-29(14-3-4-15(21(23,24)25)17(6-14)33-2)20(32)18-16(9-27-30(11)18)28-19(31)12-5-13(22)8-26-7-12/h3-9,11H,10H2,1-2H3,(H,28,31)/t11-/m0/s1. The smallest absolute Gasteiger partial charge is 0.419 e. The van der Waals surface area contributed by atoms with Crippen molar-refractivity contribution in [3.8, 4) is 5.75 Å². The molecule has 1 N–H and O–H groups in total. The number of fused-ring (bicyclic) bond motifs is 1. The van der Waals surface area contributed by atoms with E-state index in [0.29, 0.717) is 0 Å². The van der Waals surface area contributed by atoms with Gasteiger partial charge in [0.25, 0.3) is 11.8 Å².